The van der Waals surface area contributed by atoms with Crippen LogP contribution in [0.2, 0.25) is 0 Å². The maximum atomic E-state index is 11.5. The molecule has 0 saturated carbocycles. The summed E-state index contributed by atoms with van der Waals surface area (Å²) in [7, 11) is 1.73. The van der Waals surface area contributed by atoms with Crippen LogP contribution in [0.15, 0.2) is 27.4 Å². The first kappa shape index (κ1) is 15.4. The van der Waals surface area contributed by atoms with Crippen molar-refractivity contribution < 1.29 is 4.42 Å². The molecule has 1 aromatic heterocycles. The fourth-order valence-electron chi connectivity index (χ4n) is 2.62. The summed E-state index contributed by atoms with van der Waals surface area (Å²) in [5.41, 5.74) is 2.71. The molecular weight excluding hydrogens is 318 g/mol. The normalized spacial score (nSPS) is 14.6. The molecule has 1 heterocycles. The van der Waals surface area contributed by atoms with Gasteiger partial charge in [0.1, 0.15) is 0 Å². The highest BCUT2D eigenvalue weighted by Gasteiger charge is 2.19. The molecule has 0 radical (unpaired) electrons. The van der Waals surface area contributed by atoms with E-state index in [1.165, 1.54) is 29.4 Å². The third-order valence-electron chi connectivity index (χ3n) is 4.00. The summed E-state index contributed by atoms with van der Waals surface area (Å²) in [6, 6.07) is 6.05. The van der Waals surface area contributed by atoms with Crippen molar-refractivity contribution in [1.29, 1.82) is 0 Å². The Hall–Kier alpha value is -1.03. The number of alkyl halides is 1. The van der Waals surface area contributed by atoms with Crippen LogP contribution in [0, 0.1) is 5.92 Å². The molecule has 2 rings (SSSR count). The van der Waals surface area contributed by atoms with Gasteiger partial charge in [-0.1, -0.05) is 55.1 Å². The highest BCUT2D eigenvalue weighted by molar-refractivity contribution is 9.09. The second-order valence-corrected chi connectivity index (χ2v) is 6.35. The molecule has 0 aliphatic heterocycles. The number of aromatic nitrogens is 1. The zero-order valence-electron chi connectivity index (χ0n) is 12.4. The van der Waals surface area contributed by atoms with E-state index in [4.69, 9.17) is 4.42 Å². The smallest absolute Gasteiger partial charge is 0.408 e. The molecule has 2 atom stereocenters. The third-order valence-corrected chi connectivity index (χ3v) is 5.28. The Morgan fingerprint density at radius 2 is 2.10 bits per heavy atom. The predicted octanol–water partition coefficient (Wildman–Crippen LogP) is 4.78. The van der Waals surface area contributed by atoms with E-state index in [-0.39, 0.29) is 5.76 Å². The number of hydrogen-bond acceptors (Lipinski definition) is 2. The summed E-state index contributed by atoms with van der Waals surface area (Å²) >= 11 is 3.83. The van der Waals surface area contributed by atoms with Crippen molar-refractivity contribution in [3.63, 3.8) is 0 Å². The van der Waals surface area contributed by atoms with Crippen LogP contribution >= 0.6 is 15.9 Å². The number of rotatable bonds is 6. The Kier molecular flexibility index (Phi) is 5.08. The lowest BCUT2D eigenvalue weighted by atomic mass is 9.92. The molecule has 0 spiro atoms. The first-order valence-electron chi connectivity index (χ1n) is 7.32. The lowest BCUT2D eigenvalue weighted by Gasteiger charge is -2.21. The maximum absolute atomic E-state index is 11.5. The molecule has 110 valence electrons. The minimum atomic E-state index is -0.304. The summed E-state index contributed by atoms with van der Waals surface area (Å²) in [6.45, 7) is 4.45. The molecule has 0 aliphatic carbocycles. The van der Waals surface area contributed by atoms with Gasteiger partial charge < -0.3 is 4.42 Å². The number of aryl methyl sites for hydroxylation is 1. The minimum absolute atomic E-state index is 0.304. The van der Waals surface area contributed by atoms with Gasteiger partial charge in [-0.3, -0.25) is 4.57 Å². The number of oxazole rings is 1. The fraction of sp³-hybridized carbons (Fsp3) is 0.562. The van der Waals surface area contributed by atoms with E-state index in [0.717, 1.165) is 11.9 Å². The molecule has 0 N–H and O–H groups in total. The van der Waals surface area contributed by atoms with E-state index in [9.17, 15) is 4.79 Å². The molecule has 0 bridgehead atoms. The third kappa shape index (κ3) is 3.00. The Labute approximate surface area is 128 Å². The van der Waals surface area contributed by atoms with Gasteiger partial charge in [0.05, 0.1) is 5.52 Å². The molecular formula is C16H22BrNO2. The van der Waals surface area contributed by atoms with Crippen LogP contribution in [0.1, 0.15) is 49.9 Å². The number of unbranched alkanes of at least 4 members (excludes halogenated alkanes) is 1. The van der Waals surface area contributed by atoms with Gasteiger partial charge in [0.2, 0.25) is 0 Å². The molecule has 20 heavy (non-hydrogen) atoms. The van der Waals surface area contributed by atoms with Crippen LogP contribution in [0.25, 0.3) is 11.1 Å². The number of hydrogen-bond donors (Lipinski definition) is 0. The highest BCUT2D eigenvalue weighted by atomic mass is 79.9. The first-order valence-corrected chi connectivity index (χ1v) is 8.23. The zero-order valence-corrected chi connectivity index (χ0v) is 13.9. The Morgan fingerprint density at radius 1 is 1.35 bits per heavy atom. The number of fused-ring (bicyclic) bond motifs is 1. The average Bonchev–Trinajstić information content (AvgIpc) is 2.74. The van der Waals surface area contributed by atoms with E-state index in [0.29, 0.717) is 16.3 Å². The van der Waals surface area contributed by atoms with E-state index in [1.807, 2.05) is 12.1 Å². The quantitative estimate of drug-likeness (QED) is 0.709. The molecule has 3 nitrogen and oxygen atoms in total. The van der Waals surface area contributed by atoms with Crippen LogP contribution in [0.3, 0.4) is 0 Å². The summed E-state index contributed by atoms with van der Waals surface area (Å²) in [4.78, 5) is 11.8. The molecule has 0 fully saturated rings. The maximum Gasteiger partial charge on any atom is 0.419 e. The second kappa shape index (κ2) is 6.61. The van der Waals surface area contributed by atoms with Gasteiger partial charge in [0.15, 0.2) is 5.58 Å². The van der Waals surface area contributed by atoms with Crippen molar-refractivity contribution in [2.45, 2.75) is 44.4 Å². The minimum Gasteiger partial charge on any atom is -0.408 e. The lowest BCUT2D eigenvalue weighted by Crippen LogP contribution is -2.08. The monoisotopic (exact) mass is 339 g/mol. The van der Waals surface area contributed by atoms with Crippen molar-refractivity contribution in [1.82, 2.24) is 4.57 Å². The lowest BCUT2D eigenvalue weighted by molar-refractivity contribution is 0.446. The van der Waals surface area contributed by atoms with Gasteiger partial charge >= 0.3 is 5.76 Å². The van der Waals surface area contributed by atoms with Crippen LogP contribution in [0.5, 0.6) is 0 Å². The van der Waals surface area contributed by atoms with Crippen molar-refractivity contribution >= 4 is 27.0 Å². The summed E-state index contributed by atoms with van der Waals surface area (Å²) in [5.74, 6) is 0.309. The molecule has 0 aliphatic rings. The molecule has 0 saturated heterocycles. The van der Waals surface area contributed by atoms with Gasteiger partial charge in [0.25, 0.3) is 0 Å². The van der Waals surface area contributed by atoms with Crippen LogP contribution in [-0.2, 0) is 7.05 Å². The van der Waals surface area contributed by atoms with E-state index < -0.39 is 0 Å². The van der Waals surface area contributed by atoms with Crippen LogP contribution < -0.4 is 5.76 Å². The van der Waals surface area contributed by atoms with E-state index in [1.54, 1.807) is 7.05 Å². The SMILES string of the molecule is CCCCC(CC)C(Br)c1ccc2c(c1)oc(=O)n2C. The number of nitrogens with zero attached hydrogens (tertiary/aromatic N) is 1. The Morgan fingerprint density at radius 3 is 2.75 bits per heavy atom. The topological polar surface area (TPSA) is 35.1 Å². The first-order chi connectivity index (χ1) is 9.58. The highest BCUT2D eigenvalue weighted by Crippen LogP contribution is 2.37. The molecule has 1 aromatic carbocycles. The van der Waals surface area contributed by atoms with Crippen molar-refractivity contribution in [3.8, 4) is 0 Å². The molecule has 0 amide bonds. The Balaban J connectivity index is 2.29. The fourth-order valence-corrected chi connectivity index (χ4v) is 3.54. The number of benzene rings is 1. The Bertz CT molecular complexity index is 629. The second-order valence-electron chi connectivity index (χ2n) is 5.37. The summed E-state index contributed by atoms with van der Waals surface area (Å²) < 4.78 is 6.81. The van der Waals surface area contributed by atoms with Crippen molar-refractivity contribution in [2.75, 3.05) is 0 Å². The van der Waals surface area contributed by atoms with Gasteiger partial charge in [-0.15, -0.1) is 0 Å². The molecule has 2 unspecified atom stereocenters. The zero-order chi connectivity index (χ0) is 14.7. The standard InChI is InChI=1S/C16H22BrNO2/c1-4-6-7-11(5-2)15(17)12-8-9-13-14(10-12)20-16(19)18(13)3/h8-11,15H,4-7H2,1-3H3. The predicted molar refractivity (Wildman–Crippen MR) is 86.4 cm³/mol. The van der Waals surface area contributed by atoms with Gasteiger partial charge in [-0.25, -0.2) is 4.79 Å². The number of halogens is 1. The van der Waals surface area contributed by atoms with Crippen molar-refractivity contribution in [2.24, 2.45) is 13.0 Å². The van der Waals surface area contributed by atoms with Crippen LogP contribution in [-0.4, -0.2) is 4.57 Å². The molecule has 2 aromatic rings. The van der Waals surface area contributed by atoms with Gasteiger partial charge in [-0.05, 0) is 30.0 Å². The summed E-state index contributed by atoms with van der Waals surface area (Å²) in [6.07, 6.45) is 4.85. The van der Waals surface area contributed by atoms with Gasteiger partial charge in [-0.2, -0.15) is 0 Å². The molecule has 4 heteroatoms. The van der Waals surface area contributed by atoms with Crippen molar-refractivity contribution in [3.05, 3.63) is 34.3 Å². The summed E-state index contributed by atoms with van der Waals surface area (Å²) in [5, 5.41) is 0. The average molecular weight is 340 g/mol. The van der Waals surface area contributed by atoms with Crippen LogP contribution in [0.4, 0.5) is 0 Å². The van der Waals surface area contributed by atoms with Gasteiger partial charge in [0, 0.05) is 11.9 Å². The van der Waals surface area contributed by atoms with E-state index >= 15 is 0 Å². The largest absolute Gasteiger partial charge is 0.419 e. The van der Waals surface area contributed by atoms with E-state index in [2.05, 4.69) is 35.8 Å².